The molecular formula is C20H20ClFN4O4S2. The van der Waals surface area contributed by atoms with Crippen LogP contribution >= 0.6 is 22.9 Å². The number of halogens is 2. The monoisotopic (exact) mass is 498 g/mol. The van der Waals surface area contributed by atoms with Crippen LogP contribution in [-0.4, -0.2) is 55.6 Å². The lowest BCUT2D eigenvalue weighted by Gasteiger charge is -2.31. The molecule has 0 spiro atoms. The van der Waals surface area contributed by atoms with E-state index >= 15 is 0 Å². The van der Waals surface area contributed by atoms with E-state index in [0.29, 0.717) is 22.1 Å². The normalized spacial score (nSPS) is 20.9. The summed E-state index contributed by atoms with van der Waals surface area (Å²) in [6, 6.07) is 2.56. The van der Waals surface area contributed by atoms with Crippen LogP contribution in [0.2, 0.25) is 5.02 Å². The fourth-order valence-corrected chi connectivity index (χ4v) is 5.57. The molecule has 1 fully saturated rings. The zero-order valence-corrected chi connectivity index (χ0v) is 19.6. The molecular weight excluding hydrogens is 479 g/mol. The third-order valence-electron chi connectivity index (χ3n) is 5.27. The molecule has 4 rings (SSSR count). The maximum absolute atomic E-state index is 13.7. The number of fused-ring (bicyclic) bond motifs is 1. The third kappa shape index (κ3) is 4.29. The van der Waals surface area contributed by atoms with Gasteiger partial charge in [-0.2, -0.15) is 0 Å². The van der Waals surface area contributed by atoms with Gasteiger partial charge in [-0.25, -0.2) is 27.3 Å². The fourth-order valence-electron chi connectivity index (χ4n) is 3.83. The van der Waals surface area contributed by atoms with Crippen molar-refractivity contribution in [1.29, 1.82) is 0 Å². The van der Waals surface area contributed by atoms with Crippen LogP contribution in [0.5, 0.6) is 0 Å². The van der Waals surface area contributed by atoms with Gasteiger partial charge in [0.1, 0.15) is 11.9 Å². The number of esters is 1. The fraction of sp³-hybridized carbons (Fsp3) is 0.350. The van der Waals surface area contributed by atoms with E-state index in [1.807, 2.05) is 0 Å². The summed E-state index contributed by atoms with van der Waals surface area (Å²) < 4.78 is 45.7. The number of ether oxygens (including phenoxy) is 1. The van der Waals surface area contributed by atoms with E-state index in [4.69, 9.17) is 21.3 Å². The molecule has 1 saturated heterocycles. The number of sulfonamides is 1. The van der Waals surface area contributed by atoms with Crippen molar-refractivity contribution in [3.8, 4) is 0 Å². The van der Waals surface area contributed by atoms with E-state index in [9.17, 15) is 17.6 Å². The molecule has 0 aliphatic carbocycles. The minimum absolute atomic E-state index is 0.0619. The zero-order chi connectivity index (χ0) is 23.0. The van der Waals surface area contributed by atoms with Gasteiger partial charge in [-0.15, -0.1) is 11.3 Å². The number of aromatic nitrogens is 1. The van der Waals surface area contributed by atoms with E-state index in [0.717, 1.165) is 6.07 Å². The summed E-state index contributed by atoms with van der Waals surface area (Å²) in [6.07, 6.45) is 1.89. The Kier molecular flexibility index (Phi) is 6.35. The molecule has 0 saturated carbocycles. The Hall–Kier alpha value is -2.34. The van der Waals surface area contributed by atoms with E-state index in [1.165, 1.54) is 30.6 Å². The Morgan fingerprint density at radius 2 is 2.22 bits per heavy atom. The van der Waals surface area contributed by atoms with Gasteiger partial charge in [-0.05, 0) is 19.1 Å². The van der Waals surface area contributed by atoms with Gasteiger partial charge in [-0.1, -0.05) is 17.7 Å². The lowest BCUT2D eigenvalue weighted by Crippen LogP contribution is -2.40. The van der Waals surface area contributed by atoms with Gasteiger partial charge < -0.3 is 9.64 Å². The van der Waals surface area contributed by atoms with Crippen LogP contribution in [0.4, 0.5) is 4.39 Å². The predicted octanol–water partition coefficient (Wildman–Crippen LogP) is 2.88. The molecule has 3 heterocycles. The average Bonchev–Trinajstić information content (AvgIpc) is 3.42. The summed E-state index contributed by atoms with van der Waals surface area (Å²) in [5.41, 5.74) is 1.25. The lowest BCUT2D eigenvalue weighted by molar-refractivity contribution is -0.136. The second-order valence-electron chi connectivity index (χ2n) is 7.24. The van der Waals surface area contributed by atoms with Crippen LogP contribution in [0.1, 0.15) is 30.0 Å². The first-order valence-electron chi connectivity index (χ1n) is 9.75. The number of carbonyl (C=O) groups is 1. The maximum Gasteiger partial charge on any atom is 0.338 e. The first-order chi connectivity index (χ1) is 15.2. The summed E-state index contributed by atoms with van der Waals surface area (Å²) in [6.45, 7) is 1.83. The molecule has 1 aromatic heterocycles. The molecule has 8 nitrogen and oxygen atoms in total. The number of hydrogen-bond donors (Lipinski definition) is 1. The van der Waals surface area contributed by atoms with E-state index in [-0.39, 0.29) is 29.3 Å². The minimum atomic E-state index is -3.47. The lowest BCUT2D eigenvalue weighted by atomic mass is 9.94. The number of benzene rings is 1. The number of nitrogens with one attached hydrogen (secondary N) is 1. The highest BCUT2D eigenvalue weighted by atomic mass is 35.5. The second kappa shape index (κ2) is 8.89. The van der Waals surface area contributed by atoms with Crippen molar-refractivity contribution in [2.75, 3.05) is 19.4 Å². The average molecular weight is 499 g/mol. The second-order valence-corrected chi connectivity index (χ2v) is 10.6. The quantitative estimate of drug-likeness (QED) is 0.614. The van der Waals surface area contributed by atoms with Crippen molar-refractivity contribution in [3.05, 3.63) is 62.5 Å². The highest BCUT2D eigenvalue weighted by Crippen LogP contribution is 2.42. The Balaban J connectivity index is 1.87. The van der Waals surface area contributed by atoms with Crippen molar-refractivity contribution >= 4 is 44.8 Å². The summed E-state index contributed by atoms with van der Waals surface area (Å²) >= 11 is 7.69. The Morgan fingerprint density at radius 3 is 2.84 bits per heavy atom. The Labute approximate surface area is 193 Å². The summed E-state index contributed by atoms with van der Waals surface area (Å²) in [5.74, 6) is -0.696. The van der Waals surface area contributed by atoms with Gasteiger partial charge in [0.25, 0.3) is 0 Å². The van der Waals surface area contributed by atoms with Gasteiger partial charge in [0.15, 0.2) is 10.8 Å². The zero-order valence-electron chi connectivity index (χ0n) is 17.2. The standard InChI is InChI=1S/C20H20ClFN4O4S2/c1-3-32(28,29)25-12-9-15-16(20(27)30-2)17(13-5-4-11(22)8-14(13)21)24-18(26(15)10-12)19-23-6-7-31-19/h4-8,12,17,25H,3,9-10H2,1-2H3/t12-,17-/m0/s1. The van der Waals surface area contributed by atoms with Gasteiger partial charge >= 0.3 is 5.97 Å². The number of aliphatic imine (C=N–C) groups is 1. The molecule has 0 radical (unpaired) electrons. The summed E-state index contributed by atoms with van der Waals surface area (Å²) in [5, 5.41) is 2.52. The van der Waals surface area contributed by atoms with Gasteiger partial charge in [-0.3, -0.25) is 4.99 Å². The van der Waals surface area contributed by atoms with Crippen LogP contribution in [0.3, 0.4) is 0 Å². The molecule has 0 unspecified atom stereocenters. The number of carbonyl (C=O) groups excluding carboxylic acids is 1. The summed E-state index contributed by atoms with van der Waals surface area (Å²) in [4.78, 5) is 23.8. The maximum atomic E-state index is 13.7. The number of rotatable bonds is 6. The van der Waals surface area contributed by atoms with E-state index in [2.05, 4.69) is 9.71 Å². The van der Waals surface area contributed by atoms with Gasteiger partial charge in [0, 0.05) is 46.9 Å². The molecule has 0 bridgehead atoms. The largest absolute Gasteiger partial charge is 0.466 e. The van der Waals surface area contributed by atoms with Crippen molar-refractivity contribution in [1.82, 2.24) is 14.6 Å². The molecule has 2 atom stereocenters. The van der Waals surface area contributed by atoms with Crippen LogP contribution in [0, 0.1) is 5.82 Å². The highest BCUT2D eigenvalue weighted by molar-refractivity contribution is 7.89. The van der Waals surface area contributed by atoms with Crippen molar-refractivity contribution < 1.29 is 22.3 Å². The number of amidine groups is 1. The number of methoxy groups -OCH3 is 1. The Bertz CT molecular complexity index is 1210. The van der Waals surface area contributed by atoms with Crippen LogP contribution < -0.4 is 4.72 Å². The van der Waals surface area contributed by atoms with Crippen LogP contribution in [0.15, 0.2) is 46.0 Å². The van der Waals surface area contributed by atoms with E-state index in [1.54, 1.807) is 23.4 Å². The molecule has 1 aromatic carbocycles. The van der Waals surface area contributed by atoms with Crippen molar-refractivity contribution in [3.63, 3.8) is 0 Å². The smallest absolute Gasteiger partial charge is 0.338 e. The molecule has 2 aliphatic rings. The molecule has 170 valence electrons. The first-order valence-corrected chi connectivity index (χ1v) is 12.7. The van der Waals surface area contributed by atoms with Crippen LogP contribution in [0.25, 0.3) is 0 Å². The molecule has 0 amide bonds. The third-order valence-corrected chi connectivity index (χ3v) is 7.82. The topological polar surface area (TPSA) is 101 Å². The number of nitrogens with zero attached hydrogens (tertiary/aromatic N) is 3. The van der Waals surface area contributed by atoms with Crippen molar-refractivity contribution in [2.45, 2.75) is 25.4 Å². The van der Waals surface area contributed by atoms with Crippen molar-refractivity contribution in [2.24, 2.45) is 4.99 Å². The number of hydrogen-bond acceptors (Lipinski definition) is 8. The Morgan fingerprint density at radius 1 is 1.44 bits per heavy atom. The molecule has 12 heteroatoms. The first kappa shape index (κ1) is 22.8. The van der Waals surface area contributed by atoms with Gasteiger partial charge in [0.2, 0.25) is 10.0 Å². The molecule has 2 aliphatic heterocycles. The predicted molar refractivity (Wildman–Crippen MR) is 120 cm³/mol. The molecule has 32 heavy (non-hydrogen) atoms. The van der Waals surface area contributed by atoms with Crippen LogP contribution in [-0.2, 0) is 19.6 Å². The number of thiazole rings is 1. The molecule has 2 aromatic rings. The summed E-state index contributed by atoms with van der Waals surface area (Å²) in [7, 11) is -2.21. The van der Waals surface area contributed by atoms with Gasteiger partial charge in [0.05, 0.1) is 18.4 Å². The highest BCUT2D eigenvalue weighted by Gasteiger charge is 2.43. The SMILES string of the molecule is CCS(=O)(=O)N[C@H]1CC2=C(C(=O)OC)[C@H](c3ccc(F)cc3Cl)N=C(c3nccs3)N2C1. The van der Waals surface area contributed by atoms with E-state index < -0.39 is 33.9 Å². The molecule has 1 N–H and O–H groups in total. The minimum Gasteiger partial charge on any atom is -0.466 e.